The van der Waals surface area contributed by atoms with E-state index < -0.39 is 5.51 Å². The SMILES string of the molecule is CCOc1cccc(NN)c1SC(F)(F)F. The third kappa shape index (κ3) is 3.49. The zero-order chi connectivity index (χ0) is 12.2. The van der Waals surface area contributed by atoms with E-state index in [4.69, 9.17) is 10.6 Å². The number of hydrogen-bond donors (Lipinski definition) is 2. The van der Waals surface area contributed by atoms with Crippen molar-refractivity contribution in [3.8, 4) is 5.75 Å². The van der Waals surface area contributed by atoms with Crippen LogP contribution in [0.15, 0.2) is 23.1 Å². The molecule has 16 heavy (non-hydrogen) atoms. The van der Waals surface area contributed by atoms with Crippen molar-refractivity contribution in [2.75, 3.05) is 12.0 Å². The lowest BCUT2D eigenvalue weighted by atomic mass is 10.3. The molecule has 3 nitrogen and oxygen atoms in total. The van der Waals surface area contributed by atoms with Crippen molar-refractivity contribution < 1.29 is 17.9 Å². The minimum atomic E-state index is -4.38. The molecule has 0 aromatic heterocycles. The van der Waals surface area contributed by atoms with Gasteiger partial charge in [-0.2, -0.15) is 13.2 Å². The maximum atomic E-state index is 12.3. The van der Waals surface area contributed by atoms with E-state index in [0.29, 0.717) is 6.61 Å². The van der Waals surface area contributed by atoms with Crippen molar-refractivity contribution in [3.05, 3.63) is 18.2 Å². The molecule has 0 amide bonds. The van der Waals surface area contributed by atoms with E-state index in [1.165, 1.54) is 12.1 Å². The Hall–Kier alpha value is -1.08. The maximum Gasteiger partial charge on any atom is 0.446 e. The molecule has 0 aliphatic heterocycles. The molecule has 90 valence electrons. The number of nitrogen functional groups attached to an aromatic ring is 1. The number of alkyl halides is 3. The van der Waals surface area contributed by atoms with Crippen molar-refractivity contribution in [1.29, 1.82) is 0 Å². The molecule has 1 aromatic rings. The van der Waals surface area contributed by atoms with Crippen molar-refractivity contribution in [1.82, 2.24) is 0 Å². The molecule has 7 heteroatoms. The van der Waals surface area contributed by atoms with E-state index in [0.717, 1.165) is 0 Å². The average Bonchev–Trinajstić information content (AvgIpc) is 2.19. The largest absolute Gasteiger partial charge is 0.493 e. The molecule has 1 rings (SSSR count). The standard InChI is InChI=1S/C9H11F3N2OS/c1-2-15-7-5-3-4-6(14-13)8(7)16-9(10,11)12/h3-5,14H,2,13H2,1H3. The van der Waals surface area contributed by atoms with Crippen LogP contribution in [-0.2, 0) is 0 Å². The van der Waals surface area contributed by atoms with E-state index in [2.05, 4.69) is 5.43 Å². The lowest BCUT2D eigenvalue weighted by Crippen LogP contribution is -2.10. The first-order valence-electron chi connectivity index (χ1n) is 4.46. The van der Waals surface area contributed by atoms with Gasteiger partial charge >= 0.3 is 5.51 Å². The number of halogens is 3. The van der Waals surface area contributed by atoms with E-state index >= 15 is 0 Å². The Bertz CT molecular complexity index is 357. The smallest absolute Gasteiger partial charge is 0.446 e. The summed E-state index contributed by atoms with van der Waals surface area (Å²) in [5.41, 5.74) is -1.97. The van der Waals surface area contributed by atoms with Crippen molar-refractivity contribution >= 4 is 17.4 Å². The second-order valence-electron chi connectivity index (χ2n) is 2.76. The van der Waals surface area contributed by atoms with Gasteiger partial charge in [0.1, 0.15) is 5.75 Å². The molecular formula is C9H11F3N2OS. The van der Waals surface area contributed by atoms with Crippen molar-refractivity contribution in [3.63, 3.8) is 0 Å². The summed E-state index contributed by atoms with van der Waals surface area (Å²) in [5.74, 6) is 5.32. The molecule has 0 aliphatic rings. The Morgan fingerprint density at radius 2 is 2.12 bits per heavy atom. The number of hydrazine groups is 1. The molecule has 0 fully saturated rings. The van der Waals surface area contributed by atoms with Gasteiger partial charge < -0.3 is 10.2 Å². The number of nitrogens with one attached hydrogen (secondary N) is 1. The Morgan fingerprint density at radius 1 is 1.44 bits per heavy atom. The Morgan fingerprint density at radius 3 is 2.62 bits per heavy atom. The summed E-state index contributed by atoms with van der Waals surface area (Å²) in [4.78, 5) is -0.0562. The summed E-state index contributed by atoms with van der Waals surface area (Å²) in [5, 5.41) is 0. The fourth-order valence-corrected chi connectivity index (χ4v) is 1.82. The summed E-state index contributed by atoms with van der Waals surface area (Å²) in [6, 6.07) is 4.50. The molecule has 0 radical (unpaired) electrons. The van der Waals surface area contributed by atoms with Crippen LogP contribution in [-0.4, -0.2) is 12.1 Å². The molecule has 0 saturated heterocycles. The summed E-state index contributed by atoms with van der Waals surface area (Å²) >= 11 is -0.249. The normalized spacial score (nSPS) is 11.3. The zero-order valence-corrected chi connectivity index (χ0v) is 9.28. The lowest BCUT2D eigenvalue weighted by Gasteiger charge is -2.15. The molecule has 0 unspecified atom stereocenters. The molecule has 0 saturated carbocycles. The lowest BCUT2D eigenvalue weighted by molar-refractivity contribution is -0.0328. The van der Waals surface area contributed by atoms with Gasteiger partial charge in [0.2, 0.25) is 0 Å². The average molecular weight is 252 g/mol. The van der Waals surface area contributed by atoms with Crippen LogP contribution in [0.5, 0.6) is 5.75 Å². The monoisotopic (exact) mass is 252 g/mol. The Kier molecular flexibility index (Phi) is 4.31. The predicted octanol–water partition coefficient (Wildman–Crippen LogP) is 2.98. The molecular weight excluding hydrogens is 241 g/mol. The van der Waals surface area contributed by atoms with Gasteiger partial charge in [0.25, 0.3) is 0 Å². The second-order valence-corrected chi connectivity index (χ2v) is 3.83. The predicted molar refractivity (Wildman–Crippen MR) is 57.3 cm³/mol. The van der Waals surface area contributed by atoms with Gasteiger partial charge in [-0.1, -0.05) is 6.07 Å². The summed E-state index contributed by atoms with van der Waals surface area (Å²) < 4.78 is 42.1. The topological polar surface area (TPSA) is 47.3 Å². The van der Waals surface area contributed by atoms with Crippen molar-refractivity contribution in [2.45, 2.75) is 17.3 Å². The number of hydrogen-bond acceptors (Lipinski definition) is 4. The third-order valence-corrected chi connectivity index (χ3v) is 2.51. The number of nitrogens with two attached hydrogens (primary N) is 1. The fraction of sp³-hybridized carbons (Fsp3) is 0.333. The summed E-state index contributed by atoms with van der Waals surface area (Å²) in [6.07, 6.45) is 0. The number of anilines is 1. The van der Waals surface area contributed by atoms with E-state index in [9.17, 15) is 13.2 Å². The van der Waals surface area contributed by atoms with Gasteiger partial charge in [0.15, 0.2) is 0 Å². The zero-order valence-electron chi connectivity index (χ0n) is 8.47. The second kappa shape index (κ2) is 5.31. The van der Waals surface area contributed by atoms with Gasteiger partial charge in [0, 0.05) is 0 Å². The van der Waals surface area contributed by atoms with Crippen molar-refractivity contribution in [2.24, 2.45) is 5.84 Å². The van der Waals surface area contributed by atoms with Crippen LogP contribution in [0.2, 0.25) is 0 Å². The first-order chi connectivity index (χ1) is 7.48. The van der Waals surface area contributed by atoms with Crippen LogP contribution in [0, 0.1) is 0 Å². The van der Waals surface area contributed by atoms with E-state index in [1.54, 1.807) is 13.0 Å². The molecule has 0 spiro atoms. The van der Waals surface area contributed by atoms with Crippen LogP contribution in [0.3, 0.4) is 0 Å². The highest BCUT2D eigenvalue weighted by molar-refractivity contribution is 8.00. The molecule has 3 N–H and O–H groups in total. The van der Waals surface area contributed by atoms with Crippen LogP contribution in [0.25, 0.3) is 0 Å². The molecule has 0 aliphatic carbocycles. The van der Waals surface area contributed by atoms with Crippen LogP contribution >= 0.6 is 11.8 Å². The number of thioether (sulfide) groups is 1. The van der Waals surface area contributed by atoms with Gasteiger partial charge in [-0.25, -0.2) is 0 Å². The molecule has 0 bridgehead atoms. The Balaban J connectivity index is 3.09. The van der Waals surface area contributed by atoms with E-state index in [-0.39, 0.29) is 28.1 Å². The maximum absolute atomic E-state index is 12.3. The summed E-state index contributed by atoms with van der Waals surface area (Å²) in [6.45, 7) is 1.99. The highest BCUT2D eigenvalue weighted by atomic mass is 32.2. The Labute approximate surface area is 95.1 Å². The first-order valence-corrected chi connectivity index (χ1v) is 5.27. The molecule has 1 aromatic carbocycles. The minimum absolute atomic E-state index is 0.0562. The van der Waals surface area contributed by atoms with Crippen LogP contribution in [0.1, 0.15) is 6.92 Å². The highest BCUT2D eigenvalue weighted by Crippen LogP contribution is 2.45. The summed E-state index contributed by atoms with van der Waals surface area (Å²) in [7, 11) is 0. The number of rotatable bonds is 4. The number of benzene rings is 1. The van der Waals surface area contributed by atoms with Gasteiger partial charge in [0.05, 0.1) is 17.2 Å². The molecule has 0 heterocycles. The van der Waals surface area contributed by atoms with Gasteiger partial charge in [-0.3, -0.25) is 5.84 Å². The van der Waals surface area contributed by atoms with E-state index in [1.807, 2.05) is 0 Å². The van der Waals surface area contributed by atoms with Crippen LogP contribution < -0.4 is 16.0 Å². The van der Waals surface area contributed by atoms with Crippen LogP contribution in [0.4, 0.5) is 18.9 Å². The number of ether oxygens (including phenoxy) is 1. The van der Waals surface area contributed by atoms with Gasteiger partial charge in [-0.05, 0) is 30.8 Å². The first kappa shape index (κ1) is 13.0. The minimum Gasteiger partial charge on any atom is -0.493 e. The fourth-order valence-electron chi connectivity index (χ4n) is 1.12. The quantitative estimate of drug-likeness (QED) is 0.491. The molecule has 0 atom stereocenters. The highest BCUT2D eigenvalue weighted by Gasteiger charge is 2.32. The van der Waals surface area contributed by atoms with Gasteiger partial charge in [-0.15, -0.1) is 0 Å². The third-order valence-electron chi connectivity index (χ3n) is 1.65.